The molecule has 0 heterocycles. The summed E-state index contributed by atoms with van der Waals surface area (Å²) in [7, 11) is 0. The van der Waals surface area contributed by atoms with Crippen LogP contribution in [0.4, 0.5) is 4.39 Å². The Bertz CT molecular complexity index is 452. The minimum atomic E-state index is -0.303. The highest BCUT2D eigenvalue weighted by atomic mass is 19.1. The number of aromatic hydroxyl groups is 1. The zero-order chi connectivity index (χ0) is 14.7. The van der Waals surface area contributed by atoms with Crippen molar-refractivity contribution in [1.29, 1.82) is 0 Å². The van der Waals surface area contributed by atoms with Gasteiger partial charge in [-0.1, -0.05) is 13.3 Å². The van der Waals surface area contributed by atoms with Crippen LogP contribution < -0.4 is 5.73 Å². The van der Waals surface area contributed by atoms with Crippen molar-refractivity contribution in [2.75, 3.05) is 13.1 Å². The normalized spacial score (nSPS) is 24.2. The lowest BCUT2D eigenvalue weighted by Crippen LogP contribution is -2.41. The van der Waals surface area contributed by atoms with Crippen LogP contribution in [0.25, 0.3) is 0 Å². The fraction of sp³-hybridized carbons (Fsp3) is 0.625. The zero-order valence-electron chi connectivity index (χ0n) is 12.3. The first-order valence-corrected chi connectivity index (χ1v) is 7.52. The van der Waals surface area contributed by atoms with Gasteiger partial charge in [0.25, 0.3) is 0 Å². The average Bonchev–Trinajstić information content (AvgIpc) is 2.90. The highest BCUT2D eigenvalue weighted by Gasteiger charge is 2.33. The molecule has 0 radical (unpaired) electrons. The smallest absolute Gasteiger partial charge is 0.123 e. The van der Waals surface area contributed by atoms with E-state index in [1.165, 1.54) is 31.0 Å². The number of nitrogens with two attached hydrogens (primary N) is 1. The van der Waals surface area contributed by atoms with Crippen LogP contribution in [0.5, 0.6) is 5.75 Å². The van der Waals surface area contributed by atoms with E-state index in [0.717, 1.165) is 13.0 Å². The fourth-order valence-electron chi connectivity index (χ4n) is 3.56. The zero-order valence-corrected chi connectivity index (χ0v) is 12.3. The molecule has 0 bridgehead atoms. The predicted octanol–water partition coefficient (Wildman–Crippen LogP) is 3.04. The summed E-state index contributed by atoms with van der Waals surface area (Å²) in [5.41, 5.74) is 6.54. The molecule has 1 fully saturated rings. The second-order valence-electron chi connectivity index (χ2n) is 5.70. The molecule has 0 saturated heterocycles. The van der Waals surface area contributed by atoms with Crippen LogP contribution in [0.15, 0.2) is 18.2 Å². The number of hydrogen-bond donors (Lipinski definition) is 2. The Morgan fingerprint density at radius 1 is 1.45 bits per heavy atom. The molecule has 0 aromatic heterocycles. The molecule has 3 nitrogen and oxygen atoms in total. The van der Waals surface area contributed by atoms with Gasteiger partial charge >= 0.3 is 0 Å². The van der Waals surface area contributed by atoms with Gasteiger partial charge in [-0.15, -0.1) is 0 Å². The van der Waals surface area contributed by atoms with Crippen molar-refractivity contribution in [2.45, 2.75) is 45.2 Å². The summed E-state index contributed by atoms with van der Waals surface area (Å²) in [6, 6.07) is 4.59. The van der Waals surface area contributed by atoms with Gasteiger partial charge in [0, 0.05) is 17.6 Å². The van der Waals surface area contributed by atoms with Crippen LogP contribution in [0.1, 0.15) is 44.7 Å². The lowest BCUT2D eigenvalue weighted by Gasteiger charge is -2.37. The Morgan fingerprint density at radius 2 is 2.20 bits per heavy atom. The SMILES string of the molecule is CCN(C(C)c1cc(F)ccc1O)C1CCCC1CN. The van der Waals surface area contributed by atoms with Crippen molar-refractivity contribution >= 4 is 0 Å². The van der Waals surface area contributed by atoms with Crippen LogP contribution in [0.3, 0.4) is 0 Å². The fourth-order valence-corrected chi connectivity index (χ4v) is 3.56. The summed E-state index contributed by atoms with van der Waals surface area (Å²) >= 11 is 0. The van der Waals surface area contributed by atoms with Gasteiger partial charge in [0.2, 0.25) is 0 Å². The summed E-state index contributed by atoms with van der Waals surface area (Å²) in [5.74, 6) is 0.371. The van der Waals surface area contributed by atoms with E-state index in [1.54, 1.807) is 0 Å². The second-order valence-corrected chi connectivity index (χ2v) is 5.70. The van der Waals surface area contributed by atoms with Crippen molar-refractivity contribution in [1.82, 2.24) is 4.90 Å². The molecule has 3 N–H and O–H groups in total. The second kappa shape index (κ2) is 6.55. The topological polar surface area (TPSA) is 49.5 Å². The van der Waals surface area contributed by atoms with Gasteiger partial charge in [-0.25, -0.2) is 4.39 Å². The minimum Gasteiger partial charge on any atom is -0.508 e. The van der Waals surface area contributed by atoms with Crippen LogP contribution in [-0.4, -0.2) is 29.1 Å². The highest BCUT2D eigenvalue weighted by Crippen LogP contribution is 2.36. The van der Waals surface area contributed by atoms with Gasteiger partial charge in [-0.2, -0.15) is 0 Å². The maximum Gasteiger partial charge on any atom is 0.123 e. The summed E-state index contributed by atoms with van der Waals surface area (Å²) in [5, 5.41) is 10.00. The third-order valence-electron chi connectivity index (χ3n) is 4.65. The molecular weight excluding hydrogens is 255 g/mol. The standard InChI is InChI=1S/C16H25FN2O/c1-3-19(15-6-4-5-12(15)10-18)11(2)14-9-13(17)7-8-16(14)20/h7-9,11-12,15,20H,3-6,10,18H2,1-2H3. The van der Waals surface area contributed by atoms with Crippen LogP contribution >= 0.6 is 0 Å². The van der Waals surface area contributed by atoms with Crippen molar-refractivity contribution in [3.63, 3.8) is 0 Å². The van der Waals surface area contributed by atoms with E-state index >= 15 is 0 Å². The van der Waals surface area contributed by atoms with Gasteiger partial charge in [-0.3, -0.25) is 4.90 Å². The molecule has 2 rings (SSSR count). The molecule has 1 aromatic rings. The predicted molar refractivity (Wildman–Crippen MR) is 79.0 cm³/mol. The largest absolute Gasteiger partial charge is 0.508 e. The molecule has 20 heavy (non-hydrogen) atoms. The van der Waals surface area contributed by atoms with Crippen molar-refractivity contribution in [3.8, 4) is 5.75 Å². The molecular formula is C16H25FN2O. The van der Waals surface area contributed by atoms with Crippen LogP contribution in [0, 0.1) is 11.7 Å². The van der Waals surface area contributed by atoms with Gasteiger partial charge in [0.15, 0.2) is 0 Å². The van der Waals surface area contributed by atoms with Crippen LogP contribution in [-0.2, 0) is 0 Å². The van der Waals surface area contributed by atoms with Crippen molar-refractivity contribution in [2.24, 2.45) is 11.7 Å². The Kier molecular flexibility index (Phi) is 5.00. The summed E-state index contributed by atoms with van der Waals surface area (Å²) in [6.07, 6.45) is 3.50. The molecule has 1 aliphatic rings. The van der Waals surface area contributed by atoms with Crippen molar-refractivity contribution < 1.29 is 9.50 Å². The number of phenolic OH excluding ortho intramolecular Hbond substituents is 1. The number of hydrogen-bond acceptors (Lipinski definition) is 3. The average molecular weight is 280 g/mol. The van der Waals surface area contributed by atoms with Gasteiger partial charge in [0.05, 0.1) is 0 Å². The Balaban J connectivity index is 2.24. The Morgan fingerprint density at radius 3 is 2.85 bits per heavy atom. The Labute approximate surface area is 120 Å². The summed E-state index contributed by atoms with van der Waals surface area (Å²) in [6.45, 7) is 5.71. The number of benzene rings is 1. The summed E-state index contributed by atoms with van der Waals surface area (Å²) < 4.78 is 13.4. The van der Waals surface area contributed by atoms with E-state index in [9.17, 15) is 9.50 Å². The van der Waals surface area contributed by atoms with E-state index in [-0.39, 0.29) is 17.6 Å². The molecule has 1 aromatic carbocycles. The van der Waals surface area contributed by atoms with Crippen molar-refractivity contribution in [3.05, 3.63) is 29.6 Å². The Hall–Kier alpha value is -1.13. The maximum atomic E-state index is 13.4. The third-order valence-corrected chi connectivity index (χ3v) is 4.65. The third kappa shape index (κ3) is 2.96. The van der Waals surface area contributed by atoms with E-state index in [2.05, 4.69) is 11.8 Å². The molecule has 1 aliphatic carbocycles. The van der Waals surface area contributed by atoms with E-state index in [1.807, 2.05) is 6.92 Å². The van der Waals surface area contributed by atoms with E-state index in [0.29, 0.717) is 24.1 Å². The molecule has 0 amide bonds. The van der Waals surface area contributed by atoms with E-state index in [4.69, 9.17) is 5.73 Å². The van der Waals surface area contributed by atoms with Crippen LogP contribution in [0.2, 0.25) is 0 Å². The quantitative estimate of drug-likeness (QED) is 0.871. The number of phenols is 1. The molecule has 1 saturated carbocycles. The van der Waals surface area contributed by atoms with Gasteiger partial charge < -0.3 is 10.8 Å². The van der Waals surface area contributed by atoms with Gasteiger partial charge in [0.1, 0.15) is 11.6 Å². The molecule has 112 valence electrons. The maximum absolute atomic E-state index is 13.4. The number of rotatable bonds is 5. The highest BCUT2D eigenvalue weighted by molar-refractivity contribution is 5.35. The number of nitrogens with zero attached hydrogens (tertiary/aromatic N) is 1. The monoisotopic (exact) mass is 280 g/mol. The first-order chi connectivity index (χ1) is 9.58. The first kappa shape index (κ1) is 15.3. The number of halogens is 1. The molecule has 3 atom stereocenters. The lowest BCUT2D eigenvalue weighted by atomic mass is 9.97. The lowest BCUT2D eigenvalue weighted by molar-refractivity contribution is 0.121. The molecule has 3 unspecified atom stereocenters. The van der Waals surface area contributed by atoms with Gasteiger partial charge in [-0.05, 0) is 57.0 Å². The molecule has 4 heteroatoms. The first-order valence-electron chi connectivity index (χ1n) is 7.52. The summed E-state index contributed by atoms with van der Waals surface area (Å²) in [4.78, 5) is 2.35. The molecule has 0 aliphatic heterocycles. The minimum absolute atomic E-state index is 0.00662. The molecule has 0 spiro atoms. The van der Waals surface area contributed by atoms with E-state index < -0.39 is 0 Å².